The minimum atomic E-state index is 0.0139. The number of nitrogens with zero attached hydrogens (tertiary/aromatic N) is 3. The molecule has 2 heterocycles. The van der Waals surface area contributed by atoms with Gasteiger partial charge in [-0.1, -0.05) is 37.0 Å². The molecule has 7 heteroatoms. The van der Waals surface area contributed by atoms with Crippen molar-refractivity contribution in [3.63, 3.8) is 0 Å². The molecule has 0 radical (unpaired) electrons. The maximum atomic E-state index is 12.5. The van der Waals surface area contributed by atoms with E-state index >= 15 is 0 Å². The summed E-state index contributed by atoms with van der Waals surface area (Å²) in [4.78, 5) is 14.6. The fourth-order valence-corrected chi connectivity index (χ4v) is 3.50. The first-order chi connectivity index (χ1) is 11.9. The Kier molecular flexibility index (Phi) is 5.77. The van der Waals surface area contributed by atoms with Gasteiger partial charge < -0.3 is 4.42 Å². The number of likely N-dealkylation sites (tertiary alicyclic amines) is 1. The number of aromatic nitrogens is 2. The Hall–Kier alpha value is -1.43. The normalized spacial score (nSPS) is 16.5. The summed E-state index contributed by atoms with van der Waals surface area (Å²) in [5.74, 6) is 1.92. The third-order valence-corrected chi connectivity index (χ3v) is 5.03. The second-order valence-corrected chi connectivity index (χ2v) is 7.57. The van der Waals surface area contributed by atoms with Crippen molar-refractivity contribution in [1.29, 1.82) is 0 Å². The van der Waals surface area contributed by atoms with Crippen molar-refractivity contribution in [2.45, 2.75) is 38.5 Å². The van der Waals surface area contributed by atoms with Gasteiger partial charge in [0.1, 0.15) is 0 Å². The largest absolute Gasteiger partial charge is 0.425 e. The van der Waals surface area contributed by atoms with Crippen LogP contribution in [0, 0.1) is 0 Å². The van der Waals surface area contributed by atoms with Crippen LogP contribution in [0.25, 0.3) is 0 Å². The molecule has 0 spiro atoms. The zero-order chi connectivity index (χ0) is 18.0. The predicted molar refractivity (Wildman–Crippen MR) is 97.6 cm³/mol. The molecule has 0 N–H and O–H groups in total. The first kappa shape index (κ1) is 18.4. The van der Waals surface area contributed by atoms with Gasteiger partial charge in [0, 0.05) is 22.4 Å². The molecular weight excluding hydrogens is 361 g/mol. The van der Waals surface area contributed by atoms with E-state index in [-0.39, 0.29) is 17.6 Å². The highest BCUT2D eigenvalue weighted by molar-refractivity contribution is 6.36. The molecule has 0 saturated carbocycles. The smallest absolute Gasteiger partial charge is 0.219 e. The van der Waals surface area contributed by atoms with E-state index in [2.05, 4.69) is 15.1 Å². The quantitative estimate of drug-likeness (QED) is 0.710. The maximum absolute atomic E-state index is 12.5. The summed E-state index contributed by atoms with van der Waals surface area (Å²) in [5, 5.41) is 9.22. The maximum Gasteiger partial charge on any atom is 0.219 e. The predicted octanol–water partition coefficient (Wildman–Crippen LogP) is 4.56. The summed E-state index contributed by atoms with van der Waals surface area (Å²) >= 11 is 12.0. The monoisotopic (exact) mass is 381 g/mol. The highest BCUT2D eigenvalue weighted by Gasteiger charge is 2.26. The van der Waals surface area contributed by atoms with Gasteiger partial charge >= 0.3 is 0 Å². The number of benzene rings is 1. The first-order valence-corrected chi connectivity index (χ1v) is 9.23. The summed E-state index contributed by atoms with van der Waals surface area (Å²) < 4.78 is 5.76. The van der Waals surface area contributed by atoms with Crippen molar-refractivity contribution in [3.8, 4) is 0 Å². The van der Waals surface area contributed by atoms with E-state index in [1.54, 1.807) is 18.2 Å². The summed E-state index contributed by atoms with van der Waals surface area (Å²) in [6.45, 7) is 6.07. The molecule has 0 unspecified atom stereocenters. The Labute approximate surface area is 157 Å². The van der Waals surface area contributed by atoms with Crippen molar-refractivity contribution < 1.29 is 9.21 Å². The van der Waals surface area contributed by atoms with Crippen LogP contribution in [0.2, 0.25) is 10.0 Å². The van der Waals surface area contributed by atoms with Crippen LogP contribution in [0.4, 0.5) is 0 Å². The van der Waals surface area contributed by atoms with E-state index in [0.29, 0.717) is 28.0 Å². The molecule has 0 amide bonds. The number of rotatable bonds is 5. The Morgan fingerprint density at radius 3 is 2.60 bits per heavy atom. The number of piperidine rings is 1. The second kappa shape index (κ2) is 7.85. The minimum absolute atomic E-state index is 0.0139. The molecule has 0 aliphatic carbocycles. The molecule has 0 bridgehead atoms. The number of hydrogen-bond donors (Lipinski definition) is 0. The highest BCUT2D eigenvalue weighted by atomic mass is 35.5. The molecule has 5 nitrogen and oxygen atoms in total. The van der Waals surface area contributed by atoms with Crippen LogP contribution >= 0.6 is 23.2 Å². The molecule has 134 valence electrons. The van der Waals surface area contributed by atoms with Crippen LogP contribution in [0.5, 0.6) is 0 Å². The average molecular weight is 382 g/mol. The SMILES string of the molecule is CC(C)c1nnc(C2CCN(CC(=O)c3ccc(Cl)cc3Cl)CC2)o1. The van der Waals surface area contributed by atoms with Crippen LogP contribution in [0.3, 0.4) is 0 Å². The lowest BCUT2D eigenvalue weighted by molar-refractivity contribution is 0.0906. The van der Waals surface area contributed by atoms with E-state index in [1.165, 1.54) is 0 Å². The van der Waals surface area contributed by atoms with E-state index in [4.69, 9.17) is 27.6 Å². The van der Waals surface area contributed by atoms with Crippen molar-refractivity contribution in [2.24, 2.45) is 0 Å². The van der Waals surface area contributed by atoms with E-state index in [0.717, 1.165) is 31.8 Å². The van der Waals surface area contributed by atoms with Gasteiger partial charge in [-0.25, -0.2) is 0 Å². The summed E-state index contributed by atoms with van der Waals surface area (Å²) in [7, 11) is 0. The van der Waals surface area contributed by atoms with Gasteiger partial charge in [0.15, 0.2) is 5.78 Å². The zero-order valence-corrected chi connectivity index (χ0v) is 15.8. The Morgan fingerprint density at radius 1 is 1.28 bits per heavy atom. The van der Waals surface area contributed by atoms with Crippen molar-refractivity contribution in [1.82, 2.24) is 15.1 Å². The fourth-order valence-electron chi connectivity index (χ4n) is 2.99. The van der Waals surface area contributed by atoms with Crippen LogP contribution in [-0.2, 0) is 0 Å². The van der Waals surface area contributed by atoms with Crippen LogP contribution in [0.15, 0.2) is 22.6 Å². The van der Waals surface area contributed by atoms with Crippen LogP contribution < -0.4 is 0 Å². The van der Waals surface area contributed by atoms with Gasteiger partial charge in [-0.15, -0.1) is 10.2 Å². The van der Waals surface area contributed by atoms with Crippen LogP contribution in [0.1, 0.15) is 60.7 Å². The molecule has 1 aromatic heterocycles. The van der Waals surface area contributed by atoms with Gasteiger partial charge in [-0.3, -0.25) is 9.69 Å². The van der Waals surface area contributed by atoms with Gasteiger partial charge in [0.2, 0.25) is 11.8 Å². The minimum Gasteiger partial charge on any atom is -0.425 e. The third-order valence-electron chi connectivity index (χ3n) is 4.49. The molecule has 1 fully saturated rings. The van der Waals surface area contributed by atoms with E-state index < -0.39 is 0 Å². The molecule has 3 rings (SSSR count). The van der Waals surface area contributed by atoms with Gasteiger partial charge in [-0.2, -0.15) is 0 Å². The number of hydrogen-bond acceptors (Lipinski definition) is 5. The molecule has 1 aliphatic rings. The molecular formula is C18H21Cl2N3O2. The Morgan fingerprint density at radius 2 is 2.00 bits per heavy atom. The first-order valence-electron chi connectivity index (χ1n) is 8.48. The molecule has 1 saturated heterocycles. The van der Waals surface area contributed by atoms with E-state index in [1.807, 2.05) is 13.8 Å². The summed E-state index contributed by atoms with van der Waals surface area (Å²) in [5.41, 5.74) is 0.520. The fraction of sp³-hybridized carbons (Fsp3) is 0.500. The average Bonchev–Trinajstić information content (AvgIpc) is 3.05. The molecule has 0 atom stereocenters. The lowest BCUT2D eigenvalue weighted by atomic mass is 9.96. The van der Waals surface area contributed by atoms with Gasteiger partial charge in [-0.05, 0) is 44.1 Å². The van der Waals surface area contributed by atoms with Crippen LogP contribution in [-0.4, -0.2) is 40.5 Å². The second-order valence-electron chi connectivity index (χ2n) is 6.73. The molecule has 25 heavy (non-hydrogen) atoms. The van der Waals surface area contributed by atoms with Crippen molar-refractivity contribution in [3.05, 3.63) is 45.6 Å². The number of halogens is 2. The van der Waals surface area contributed by atoms with Gasteiger partial charge in [0.25, 0.3) is 0 Å². The summed E-state index contributed by atoms with van der Waals surface area (Å²) in [6, 6.07) is 4.98. The standard InChI is InChI=1S/C18H21Cl2N3O2/c1-11(2)17-21-22-18(25-17)12-5-7-23(8-6-12)10-16(24)14-4-3-13(19)9-15(14)20/h3-4,9,11-12H,5-8,10H2,1-2H3. The molecule has 2 aromatic rings. The highest BCUT2D eigenvalue weighted by Crippen LogP contribution is 2.29. The van der Waals surface area contributed by atoms with Crippen molar-refractivity contribution >= 4 is 29.0 Å². The lowest BCUT2D eigenvalue weighted by Gasteiger charge is -2.29. The van der Waals surface area contributed by atoms with Gasteiger partial charge in [0.05, 0.1) is 11.6 Å². The third kappa shape index (κ3) is 4.40. The number of Topliss-reactive ketones (excluding diaryl/α,β-unsaturated/α-hetero) is 1. The number of carbonyl (C=O) groups is 1. The topological polar surface area (TPSA) is 59.2 Å². The Balaban J connectivity index is 1.56. The number of carbonyl (C=O) groups excluding carboxylic acids is 1. The lowest BCUT2D eigenvalue weighted by Crippen LogP contribution is -2.37. The zero-order valence-electron chi connectivity index (χ0n) is 14.3. The Bertz CT molecular complexity index is 753. The number of ketones is 1. The summed E-state index contributed by atoms with van der Waals surface area (Å²) in [6.07, 6.45) is 1.81. The molecule has 1 aromatic carbocycles. The van der Waals surface area contributed by atoms with Crippen molar-refractivity contribution in [2.75, 3.05) is 19.6 Å². The van der Waals surface area contributed by atoms with E-state index in [9.17, 15) is 4.79 Å². The molecule has 1 aliphatic heterocycles.